The number of aromatic nitrogens is 1. The molecule has 126 valence electrons. The maximum absolute atomic E-state index is 11.5. The van der Waals surface area contributed by atoms with Crippen LogP contribution in [0.25, 0.3) is 0 Å². The number of hydrogen-bond acceptors (Lipinski definition) is 5. The van der Waals surface area contributed by atoms with Gasteiger partial charge >= 0.3 is 0 Å². The molecular weight excluding hydrogens is 302 g/mol. The predicted molar refractivity (Wildman–Crippen MR) is 91.3 cm³/mol. The number of fused-ring (bicyclic) bond motifs is 2. The zero-order chi connectivity index (χ0) is 16.5. The molecule has 0 bridgehead atoms. The van der Waals surface area contributed by atoms with Crippen molar-refractivity contribution >= 4 is 5.91 Å². The first-order valence-electron chi connectivity index (χ1n) is 8.54. The largest absolute Gasteiger partial charge is 0.366 e. The molecule has 1 unspecified atom stereocenters. The minimum absolute atomic E-state index is 0.316. The van der Waals surface area contributed by atoms with Crippen LogP contribution in [-0.2, 0) is 11.3 Å². The minimum Gasteiger partial charge on any atom is -0.366 e. The maximum atomic E-state index is 11.5. The zero-order valence-electron chi connectivity index (χ0n) is 13.8. The Morgan fingerprint density at radius 3 is 3.08 bits per heavy atom. The van der Waals surface area contributed by atoms with Gasteiger partial charge in [-0.15, -0.1) is 0 Å². The number of nitrogens with zero attached hydrogens (tertiary/aromatic N) is 4. The summed E-state index contributed by atoms with van der Waals surface area (Å²) in [6.07, 6.45) is 10.1. The summed E-state index contributed by atoms with van der Waals surface area (Å²) in [6, 6.07) is 4.12. The van der Waals surface area contributed by atoms with Crippen LogP contribution < -0.4 is 5.73 Å². The van der Waals surface area contributed by atoms with E-state index >= 15 is 0 Å². The molecule has 0 aromatic carbocycles. The predicted octanol–water partition coefficient (Wildman–Crippen LogP) is 0.888. The van der Waals surface area contributed by atoms with Crippen LogP contribution in [0.5, 0.6) is 0 Å². The highest BCUT2D eigenvalue weighted by Gasteiger charge is 2.36. The molecule has 0 spiro atoms. The van der Waals surface area contributed by atoms with Crippen molar-refractivity contribution in [2.45, 2.75) is 25.6 Å². The number of allylic oxidation sites excluding steroid dienone is 1. The lowest BCUT2D eigenvalue weighted by molar-refractivity contribution is -0.114. The van der Waals surface area contributed by atoms with Crippen LogP contribution in [0, 0.1) is 0 Å². The van der Waals surface area contributed by atoms with Crippen LogP contribution in [0.4, 0.5) is 0 Å². The lowest BCUT2D eigenvalue weighted by Crippen LogP contribution is -2.61. The zero-order valence-corrected chi connectivity index (χ0v) is 13.8. The Morgan fingerprint density at radius 2 is 2.29 bits per heavy atom. The second kappa shape index (κ2) is 6.37. The van der Waals surface area contributed by atoms with Gasteiger partial charge in [0.25, 0.3) is 0 Å². The van der Waals surface area contributed by atoms with Gasteiger partial charge < -0.3 is 10.6 Å². The van der Waals surface area contributed by atoms with Crippen molar-refractivity contribution in [1.82, 2.24) is 19.7 Å². The highest BCUT2D eigenvalue weighted by molar-refractivity contribution is 5.92. The smallest absolute Gasteiger partial charge is 0.246 e. The molecule has 1 amide bonds. The summed E-state index contributed by atoms with van der Waals surface area (Å²) >= 11 is 0. The lowest BCUT2D eigenvalue weighted by atomic mass is 10.0. The highest BCUT2D eigenvalue weighted by Crippen LogP contribution is 2.29. The Balaban J connectivity index is 1.53. The Hall–Kier alpha value is -2.18. The molecule has 24 heavy (non-hydrogen) atoms. The molecular formula is C18H23N5O. The van der Waals surface area contributed by atoms with Crippen LogP contribution in [0.3, 0.4) is 0 Å². The summed E-state index contributed by atoms with van der Waals surface area (Å²) in [4.78, 5) is 23.0. The number of carbonyl (C=O) groups is 1. The molecule has 0 aliphatic carbocycles. The van der Waals surface area contributed by atoms with Gasteiger partial charge in [-0.1, -0.05) is 12.1 Å². The number of hydrogen-bond donors (Lipinski definition) is 1. The number of primary amides is 1. The van der Waals surface area contributed by atoms with Gasteiger partial charge in [0.15, 0.2) is 0 Å². The number of nitrogens with two attached hydrogens (primary N) is 1. The Kier molecular flexibility index (Phi) is 4.08. The molecule has 4 rings (SSSR count). The monoisotopic (exact) mass is 325 g/mol. The number of piperazine rings is 1. The Bertz CT molecular complexity index is 684. The van der Waals surface area contributed by atoms with Gasteiger partial charge in [-0.3, -0.25) is 19.6 Å². The fourth-order valence-corrected chi connectivity index (χ4v) is 3.87. The Labute approximate surface area is 142 Å². The number of amides is 1. The Morgan fingerprint density at radius 1 is 1.38 bits per heavy atom. The van der Waals surface area contributed by atoms with Gasteiger partial charge in [0.1, 0.15) is 0 Å². The molecule has 1 aromatic heterocycles. The van der Waals surface area contributed by atoms with Crippen LogP contribution in [0.1, 0.15) is 18.4 Å². The van der Waals surface area contributed by atoms with Crippen molar-refractivity contribution in [3.8, 4) is 0 Å². The van der Waals surface area contributed by atoms with Crippen molar-refractivity contribution in [3.63, 3.8) is 0 Å². The van der Waals surface area contributed by atoms with Crippen molar-refractivity contribution in [3.05, 3.63) is 53.6 Å². The molecule has 1 aromatic rings. The maximum Gasteiger partial charge on any atom is 0.246 e. The van der Waals surface area contributed by atoms with E-state index < -0.39 is 0 Å². The van der Waals surface area contributed by atoms with Crippen LogP contribution in [0.15, 0.2) is 48.1 Å². The third-order valence-corrected chi connectivity index (χ3v) is 5.12. The van der Waals surface area contributed by atoms with E-state index in [2.05, 4.69) is 31.8 Å². The van der Waals surface area contributed by atoms with E-state index in [-0.39, 0.29) is 5.91 Å². The second-order valence-electron chi connectivity index (χ2n) is 6.71. The van der Waals surface area contributed by atoms with E-state index in [1.54, 1.807) is 0 Å². The summed E-state index contributed by atoms with van der Waals surface area (Å²) < 4.78 is 0. The standard InChI is InChI=1S/C18H23N5O/c19-18(24)15-4-5-16-12-22-8-2-7-21(17(22)13-23(16)11-15)10-14-3-1-6-20-9-14/h1,3,5-6,9,11,17H,2,4,7-8,10,12-13H2,(H2,19,24). The van der Waals surface area contributed by atoms with E-state index in [4.69, 9.17) is 5.73 Å². The second-order valence-corrected chi connectivity index (χ2v) is 6.71. The molecule has 3 aliphatic rings. The molecule has 1 atom stereocenters. The summed E-state index contributed by atoms with van der Waals surface area (Å²) in [5.41, 5.74) is 8.69. The highest BCUT2D eigenvalue weighted by atomic mass is 16.1. The molecule has 0 radical (unpaired) electrons. The summed E-state index contributed by atoms with van der Waals surface area (Å²) in [6.45, 7) is 4.95. The van der Waals surface area contributed by atoms with Crippen molar-refractivity contribution < 1.29 is 4.79 Å². The quantitative estimate of drug-likeness (QED) is 0.894. The number of pyridine rings is 1. The van der Waals surface area contributed by atoms with Gasteiger partial charge in [-0.2, -0.15) is 0 Å². The van der Waals surface area contributed by atoms with E-state index in [9.17, 15) is 4.79 Å². The fourth-order valence-electron chi connectivity index (χ4n) is 3.87. The van der Waals surface area contributed by atoms with Gasteiger partial charge in [0, 0.05) is 56.0 Å². The van der Waals surface area contributed by atoms with Gasteiger partial charge in [-0.25, -0.2) is 0 Å². The lowest BCUT2D eigenvalue weighted by Gasteiger charge is -2.51. The molecule has 4 heterocycles. The molecule has 2 saturated heterocycles. The summed E-state index contributed by atoms with van der Waals surface area (Å²) in [7, 11) is 0. The van der Waals surface area contributed by atoms with Crippen LogP contribution in [0.2, 0.25) is 0 Å². The van der Waals surface area contributed by atoms with E-state index in [1.165, 1.54) is 17.7 Å². The topological polar surface area (TPSA) is 65.7 Å². The average molecular weight is 325 g/mol. The van der Waals surface area contributed by atoms with Crippen LogP contribution >= 0.6 is 0 Å². The normalized spacial score (nSPS) is 24.7. The SMILES string of the molecule is NC(=O)C1=CN2CC3N(CCCN3Cc3cccnc3)CC2=CC1. The van der Waals surface area contributed by atoms with E-state index in [0.717, 1.165) is 32.7 Å². The van der Waals surface area contributed by atoms with Gasteiger partial charge in [-0.05, 0) is 24.5 Å². The first kappa shape index (κ1) is 15.4. The molecule has 6 heteroatoms. The summed E-state index contributed by atoms with van der Waals surface area (Å²) in [5, 5.41) is 0. The van der Waals surface area contributed by atoms with E-state index in [0.29, 0.717) is 18.2 Å². The fraction of sp³-hybridized carbons (Fsp3) is 0.444. The van der Waals surface area contributed by atoms with Crippen LogP contribution in [-0.4, -0.2) is 57.9 Å². The minimum atomic E-state index is -0.316. The van der Waals surface area contributed by atoms with Crippen molar-refractivity contribution in [1.29, 1.82) is 0 Å². The molecule has 0 saturated carbocycles. The third kappa shape index (κ3) is 2.95. The third-order valence-electron chi connectivity index (χ3n) is 5.12. The number of carbonyl (C=O) groups excluding carboxylic acids is 1. The number of rotatable bonds is 3. The summed E-state index contributed by atoms with van der Waals surface area (Å²) in [5.74, 6) is -0.316. The van der Waals surface area contributed by atoms with Crippen molar-refractivity contribution in [2.75, 3.05) is 26.2 Å². The van der Waals surface area contributed by atoms with E-state index in [1.807, 2.05) is 24.7 Å². The first-order valence-corrected chi connectivity index (χ1v) is 8.54. The first-order chi connectivity index (χ1) is 11.7. The van der Waals surface area contributed by atoms with Gasteiger partial charge in [0.05, 0.1) is 12.7 Å². The molecule has 2 fully saturated rings. The average Bonchev–Trinajstić information content (AvgIpc) is 2.61. The molecule has 6 nitrogen and oxygen atoms in total. The van der Waals surface area contributed by atoms with Gasteiger partial charge in [0.2, 0.25) is 5.91 Å². The van der Waals surface area contributed by atoms with Crippen molar-refractivity contribution in [2.24, 2.45) is 5.73 Å². The molecule has 3 aliphatic heterocycles. The molecule has 2 N–H and O–H groups in total.